The van der Waals surface area contributed by atoms with Gasteiger partial charge in [0.1, 0.15) is 5.69 Å². The molecule has 0 atom stereocenters. The standard InChI is InChI=1S/C21H23N5O2/c1-12-6-8-14(3)17(10-12)23-20-19(26(27)28)16(5)22-21(25-20)24-18-11-13(2)7-9-15(18)4/h6-11H,1-5H3,(H2,22,23,24,25). The van der Waals surface area contributed by atoms with Gasteiger partial charge in [0, 0.05) is 11.4 Å². The first-order valence-corrected chi connectivity index (χ1v) is 8.96. The summed E-state index contributed by atoms with van der Waals surface area (Å²) in [4.78, 5) is 19.9. The third-order valence-electron chi connectivity index (χ3n) is 4.53. The van der Waals surface area contributed by atoms with E-state index in [1.54, 1.807) is 6.92 Å². The molecule has 0 spiro atoms. The number of aromatic nitrogens is 2. The Morgan fingerprint density at radius 2 is 1.36 bits per heavy atom. The quantitative estimate of drug-likeness (QED) is 0.456. The minimum atomic E-state index is -0.454. The van der Waals surface area contributed by atoms with E-state index in [2.05, 4.69) is 20.6 Å². The normalized spacial score (nSPS) is 10.6. The van der Waals surface area contributed by atoms with Gasteiger partial charge in [-0.25, -0.2) is 4.98 Å². The minimum Gasteiger partial charge on any atom is -0.334 e. The lowest BCUT2D eigenvalue weighted by Gasteiger charge is -2.14. The number of nitro groups is 1. The lowest BCUT2D eigenvalue weighted by molar-refractivity contribution is -0.385. The van der Waals surface area contributed by atoms with Gasteiger partial charge in [-0.3, -0.25) is 10.1 Å². The summed E-state index contributed by atoms with van der Waals surface area (Å²) in [6.45, 7) is 9.51. The number of anilines is 4. The second kappa shape index (κ2) is 7.64. The summed E-state index contributed by atoms with van der Waals surface area (Å²) in [5.41, 5.74) is 5.96. The van der Waals surface area contributed by atoms with Gasteiger partial charge in [-0.2, -0.15) is 4.98 Å². The topological polar surface area (TPSA) is 93.0 Å². The van der Waals surface area contributed by atoms with E-state index in [0.29, 0.717) is 11.6 Å². The first-order valence-electron chi connectivity index (χ1n) is 8.96. The van der Waals surface area contributed by atoms with E-state index >= 15 is 0 Å². The van der Waals surface area contributed by atoms with E-state index in [9.17, 15) is 10.1 Å². The summed E-state index contributed by atoms with van der Waals surface area (Å²) >= 11 is 0. The zero-order valence-electron chi connectivity index (χ0n) is 16.6. The van der Waals surface area contributed by atoms with Crippen LogP contribution in [-0.4, -0.2) is 14.9 Å². The molecule has 0 saturated carbocycles. The molecular formula is C21H23N5O2. The Labute approximate surface area is 164 Å². The molecule has 0 aliphatic rings. The van der Waals surface area contributed by atoms with Crippen LogP contribution >= 0.6 is 0 Å². The lowest BCUT2D eigenvalue weighted by Crippen LogP contribution is -2.08. The van der Waals surface area contributed by atoms with E-state index in [-0.39, 0.29) is 11.5 Å². The zero-order chi connectivity index (χ0) is 20.4. The van der Waals surface area contributed by atoms with Crippen LogP contribution < -0.4 is 10.6 Å². The highest BCUT2D eigenvalue weighted by Gasteiger charge is 2.23. The van der Waals surface area contributed by atoms with Gasteiger partial charge >= 0.3 is 5.69 Å². The lowest BCUT2D eigenvalue weighted by atomic mass is 10.1. The second-order valence-corrected chi connectivity index (χ2v) is 6.97. The van der Waals surface area contributed by atoms with E-state index < -0.39 is 4.92 Å². The van der Waals surface area contributed by atoms with Crippen LogP contribution in [0.15, 0.2) is 36.4 Å². The molecule has 144 valence electrons. The molecule has 1 aromatic heterocycles. The van der Waals surface area contributed by atoms with Crippen LogP contribution in [-0.2, 0) is 0 Å². The van der Waals surface area contributed by atoms with Crippen LogP contribution in [0.2, 0.25) is 0 Å². The van der Waals surface area contributed by atoms with Crippen molar-refractivity contribution in [3.05, 3.63) is 74.5 Å². The Morgan fingerprint density at radius 1 is 0.821 bits per heavy atom. The van der Waals surface area contributed by atoms with Gasteiger partial charge in [-0.15, -0.1) is 0 Å². The van der Waals surface area contributed by atoms with E-state index in [1.807, 2.05) is 64.1 Å². The fourth-order valence-electron chi connectivity index (χ4n) is 2.92. The maximum Gasteiger partial charge on any atom is 0.332 e. The van der Waals surface area contributed by atoms with Crippen molar-refractivity contribution in [1.82, 2.24) is 9.97 Å². The molecule has 2 aromatic carbocycles. The molecule has 3 aromatic rings. The van der Waals surface area contributed by atoms with Crippen LogP contribution in [0.5, 0.6) is 0 Å². The molecule has 0 unspecified atom stereocenters. The van der Waals surface area contributed by atoms with E-state index in [0.717, 1.165) is 33.6 Å². The van der Waals surface area contributed by atoms with Gasteiger partial charge in [-0.05, 0) is 69.0 Å². The molecule has 0 aliphatic heterocycles. The highest BCUT2D eigenvalue weighted by atomic mass is 16.6. The third-order valence-corrected chi connectivity index (χ3v) is 4.53. The largest absolute Gasteiger partial charge is 0.334 e. The van der Waals surface area contributed by atoms with Crippen molar-refractivity contribution in [1.29, 1.82) is 0 Å². The molecule has 7 nitrogen and oxygen atoms in total. The van der Waals surface area contributed by atoms with Crippen molar-refractivity contribution in [3.63, 3.8) is 0 Å². The molecule has 1 heterocycles. The molecule has 0 radical (unpaired) electrons. The van der Waals surface area contributed by atoms with Gasteiger partial charge in [-0.1, -0.05) is 24.3 Å². The molecule has 0 saturated heterocycles. The van der Waals surface area contributed by atoms with Crippen molar-refractivity contribution >= 4 is 28.8 Å². The van der Waals surface area contributed by atoms with Crippen molar-refractivity contribution in [2.75, 3.05) is 10.6 Å². The van der Waals surface area contributed by atoms with Crippen molar-refractivity contribution < 1.29 is 4.92 Å². The molecule has 0 bridgehead atoms. The Balaban J connectivity index is 2.06. The summed E-state index contributed by atoms with van der Waals surface area (Å²) in [7, 11) is 0. The Morgan fingerprint density at radius 3 is 1.89 bits per heavy atom. The van der Waals surface area contributed by atoms with Gasteiger partial charge in [0.05, 0.1) is 4.92 Å². The van der Waals surface area contributed by atoms with Gasteiger partial charge < -0.3 is 10.6 Å². The van der Waals surface area contributed by atoms with Crippen LogP contribution in [0.3, 0.4) is 0 Å². The number of nitrogens with zero attached hydrogens (tertiary/aromatic N) is 3. The van der Waals surface area contributed by atoms with Crippen molar-refractivity contribution in [2.45, 2.75) is 34.6 Å². The third kappa shape index (κ3) is 4.09. The van der Waals surface area contributed by atoms with Crippen molar-refractivity contribution in [3.8, 4) is 0 Å². The van der Waals surface area contributed by atoms with Crippen LogP contribution in [0.4, 0.5) is 28.8 Å². The first kappa shape index (κ1) is 19.3. The van der Waals surface area contributed by atoms with E-state index in [4.69, 9.17) is 0 Å². The van der Waals surface area contributed by atoms with Gasteiger partial charge in [0.2, 0.25) is 11.8 Å². The smallest absolute Gasteiger partial charge is 0.332 e. The fourth-order valence-corrected chi connectivity index (χ4v) is 2.92. The maximum absolute atomic E-state index is 11.6. The molecule has 2 N–H and O–H groups in total. The summed E-state index contributed by atoms with van der Waals surface area (Å²) < 4.78 is 0. The molecule has 3 rings (SSSR count). The van der Waals surface area contributed by atoms with Crippen LogP contribution in [0, 0.1) is 44.7 Å². The Kier molecular flexibility index (Phi) is 5.26. The predicted molar refractivity (Wildman–Crippen MR) is 112 cm³/mol. The Hall–Kier alpha value is -3.48. The molecule has 0 aliphatic carbocycles. The molecule has 0 fully saturated rings. The van der Waals surface area contributed by atoms with Crippen molar-refractivity contribution in [2.24, 2.45) is 0 Å². The first-order chi connectivity index (χ1) is 13.2. The second-order valence-electron chi connectivity index (χ2n) is 6.97. The number of aryl methyl sites for hydroxylation is 5. The number of hydrogen-bond donors (Lipinski definition) is 2. The number of rotatable bonds is 5. The number of benzene rings is 2. The fraction of sp³-hybridized carbons (Fsp3) is 0.238. The van der Waals surface area contributed by atoms with Crippen LogP contribution in [0.1, 0.15) is 27.9 Å². The summed E-state index contributed by atoms with van der Waals surface area (Å²) in [5, 5.41) is 17.9. The number of nitrogens with one attached hydrogen (secondary N) is 2. The van der Waals surface area contributed by atoms with E-state index in [1.165, 1.54) is 0 Å². The molecule has 7 heteroatoms. The predicted octanol–water partition coefficient (Wildman–Crippen LogP) is 5.41. The SMILES string of the molecule is Cc1ccc(C)c(Nc2nc(C)c([N+](=O)[O-])c(Nc3cc(C)ccc3C)n2)c1. The average Bonchev–Trinajstić information content (AvgIpc) is 2.60. The monoisotopic (exact) mass is 377 g/mol. The molecular weight excluding hydrogens is 354 g/mol. The molecule has 0 amide bonds. The Bertz CT molecular complexity index is 1060. The van der Waals surface area contributed by atoms with Gasteiger partial charge in [0.25, 0.3) is 0 Å². The number of hydrogen-bond acceptors (Lipinski definition) is 6. The van der Waals surface area contributed by atoms with Gasteiger partial charge in [0.15, 0.2) is 0 Å². The zero-order valence-corrected chi connectivity index (χ0v) is 16.6. The summed E-state index contributed by atoms with van der Waals surface area (Å²) in [6.07, 6.45) is 0. The highest BCUT2D eigenvalue weighted by Crippen LogP contribution is 2.32. The summed E-state index contributed by atoms with van der Waals surface area (Å²) in [5.74, 6) is 0.476. The summed E-state index contributed by atoms with van der Waals surface area (Å²) in [6, 6.07) is 11.9. The molecule has 28 heavy (non-hydrogen) atoms. The average molecular weight is 377 g/mol. The minimum absolute atomic E-state index is 0.132. The maximum atomic E-state index is 11.6. The van der Waals surface area contributed by atoms with Crippen LogP contribution in [0.25, 0.3) is 0 Å². The highest BCUT2D eigenvalue weighted by molar-refractivity contribution is 5.71.